The number of nitrogens with one attached hydrogen (secondary N) is 1. The number of fused-ring (bicyclic) bond motifs is 1. The Morgan fingerprint density at radius 3 is 3.10 bits per heavy atom. The van der Waals surface area contributed by atoms with Gasteiger partial charge in [-0.25, -0.2) is 0 Å². The molecule has 104 valence electrons. The highest BCUT2D eigenvalue weighted by molar-refractivity contribution is 7.15. The van der Waals surface area contributed by atoms with E-state index in [1.165, 1.54) is 11.3 Å². The zero-order chi connectivity index (χ0) is 14.1. The minimum Gasteiger partial charge on any atom is -0.492 e. The zero-order valence-electron chi connectivity index (χ0n) is 10.7. The Hall–Kier alpha value is -1.66. The summed E-state index contributed by atoms with van der Waals surface area (Å²) in [7, 11) is 0. The lowest BCUT2D eigenvalue weighted by molar-refractivity contribution is -0.121. The number of nitrogens with zero attached hydrogens (tertiary/aromatic N) is 2. The maximum absolute atomic E-state index is 12.2. The molecule has 2 aromatic rings. The van der Waals surface area contributed by atoms with Crippen molar-refractivity contribution in [2.75, 3.05) is 11.9 Å². The minimum absolute atomic E-state index is 0.105. The van der Waals surface area contributed by atoms with Gasteiger partial charge in [0.25, 0.3) is 0 Å². The average molecular weight is 310 g/mol. The maximum Gasteiger partial charge on any atom is 0.233 e. The lowest BCUT2D eigenvalue weighted by atomic mass is 9.96. The van der Waals surface area contributed by atoms with Crippen molar-refractivity contribution in [3.63, 3.8) is 0 Å². The maximum atomic E-state index is 12.2. The van der Waals surface area contributed by atoms with Gasteiger partial charge in [0.05, 0.1) is 5.92 Å². The van der Waals surface area contributed by atoms with Gasteiger partial charge in [-0.05, 0) is 37.1 Å². The van der Waals surface area contributed by atoms with Crippen LogP contribution in [0.3, 0.4) is 0 Å². The zero-order valence-corrected chi connectivity index (χ0v) is 12.3. The number of aryl methyl sites for hydroxylation is 1. The van der Waals surface area contributed by atoms with Gasteiger partial charge < -0.3 is 10.1 Å². The number of hydrogen-bond acceptors (Lipinski definition) is 5. The molecule has 1 aromatic carbocycles. The molecule has 3 rings (SSSR count). The number of amides is 1. The minimum atomic E-state index is -0.245. The van der Waals surface area contributed by atoms with E-state index in [1.54, 1.807) is 6.07 Å². The van der Waals surface area contributed by atoms with Gasteiger partial charge in [-0.1, -0.05) is 22.9 Å². The number of carbonyl (C=O) groups excluding carboxylic acids is 1. The molecule has 0 radical (unpaired) electrons. The van der Waals surface area contributed by atoms with Crippen molar-refractivity contribution < 1.29 is 9.53 Å². The molecule has 1 unspecified atom stereocenters. The third kappa shape index (κ3) is 2.76. The van der Waals surface area contributed by atoms with Crippen LogP contribution in [0.15, 0.2) is 18.2 Å². The quantitative estimate of drug-likeness (QED) is 0.926. The summed E-state index contributed by atoms with van der Waals surface area (Å²) in [5, 5.41) is 12.5. The molecule has 0 aliphatic carbocycles. The molecule has 0 saturated heterocycles. The second-order valence-electron chi connectivity index (χ2n) is 4.58. The fourth-order valence-electron chi connectivity index (χ4n) is 2.09. The number of benzene rings is 1. The number of rotatable bonds is 2. The molecule has 5 nitrogen and oxygen atoms in total. The van der Waals surface area contributed by atoms with Crippen LogP contribution in [-0.4, -0.2) is 22.7 Å². The van der Waals surface area contributed by atoms with E-state index in [9.17, 15) is 4.79 Å². The van der Waals surface area contributed by atoms with Crippen LogP contribution in [0.4, 0.5) is 5.13 Å². The second-order valence-corrected chi connectivity index (χ2v) is 6.20. The largest absolute Gasteiger partial charge is 0.492 e. The molecule has 1 amide bonds. The van der Waals surface area contributed by atoms with Crippen LogP contribution in [0, 0.1) is 12.8 Å². The lowest BCUT2D eigenvalue weighted by Crippen LogP contribution is -2.32. The van der Waals surface area contributed by atoms with Gasteiger partial charge in [0.2, 0.25) is 11.0 Å². The highest BCUT2D eigenvalue weighted by atomic mass is 35.5. The molecule has 0 fully saturated rings. The highest BCUT2D eigenvalue weighted by Crippen LogP contribution is 2.30. The second kappa shape index (κ2) is 5.38. The Kier molecular flexibility index (Phi) is 3.58. The van der Waals surface area contributed by atoms with E-state index in [4.69, 9.17) is 16.3 Å². The standard InChI is InChI=1S/C13H12ClN3O2S/c1-7-16-17-13(20-7)15-12(18)9-4-8-5-10(14)2-3-11(8)19-6-9/h2-3,5,9H,4,6H2,1H3,(H,15,17,18). The molecule has 1 aliphatic rings. The third-order valence-electron chi connectivity index (χ3n) is 3.06. The van der Waals surface area contributed by atoms with Crippen LogP contribution in [0.1, 0.15) is 10.6 Å². The van der Waals surface area contributed by atoms with Gasteiger partial charge >= 0.3 is 0 Å². The van der Waals surface area contributed by atoms with Crippen LogP contribution < -0.4 is 10.1 Å². The number of hydrogen-bond donors (Lipinski definition) is 1. The molecule has 1 N–H and O–H groups in total. The molecule has 0 bridgehead atoms. The van der Waals surface area contributed by atoms with Gasteiger partial charge in [0.15, 0.2) is 0 Å². The Bertz CT molecular complexity index is 659. The summed E-state index contributed by atoms with van der Waals surface area (Å²) < 4.78 is 5.60. The van der Waals surface area contributed by atoms with Crippen molar-refractivity contribution in [2.24, 2.45) is 5.92 Å². The van der Waals surface area contributed by atoms with Crippen LogP contribution in [0.5, 0.6) is 5.75 Å². The Morgan fingerprint density at radius 1 is 1.50 bits per heavy atom. The Labute approximate surface area is 124 Å². The summed E-state index contributed by atoms with van der Waals surface area (Å²) in [4.78, 5) is 12.2. The van der Waals surface area contributed by atoms with E-state index >= 15 is 0 Å². The van der Waals surface area contributed by atoms with Gasteiger partial charge in [0, 0.05) is 5.02 Å². The monoisotopic (exact) mass is 309 g/mol. The van der Waals surface area contributed by atoms with Crippen molar-refractivity contribution in [1.82, 2.24) is 10.2 Å². The van der Waals surface area contributed by atoms with Gasteiger partial charge in [0.1, 0.15) is 17.4 Å². The molecule has 1 atom stereocenters. The Morgan fingerprint density at radius 2 is 2.35 bits per heavy atom. The first-order chi connectivity index (χ1) is 9.61. The first-order valence-corrected chi connectivity index (χ1v) is 7.33. The van der Waals surface area contributed by atoms with E-state index in [1.807, 2.05) is 19.1 Å². The fraction of sp³-hybridized carbons (Fsp3) is 0.308. The number of anilines is 1. The topological polar surface area (TPSA) is 64.1 Å². The first-order valence-electron chi connectivity index (χ1n) is 6.14. The van der Waals surface area contributed by atoms with Gasteiger partial charge in [-0.2, -0.15) is 0 Å². The van der Waals surface area contributed by atoms with E-state index < -0.39 is 0 Å². The van der Waals surface area contributed by atoms with E-state index in [0.29, 0.717) is 23.2 Å². The van der Waals surface area contributed by atoms with E-state index in [2.05, 4.69) is 15.5 Å². The molecule has 0 saturated carbocycles. The lowest BCUT2D eigenvalue weighted by Gasteiger charge is -2.24. The predicted molar refractivity (Wildman–Crippen MR) is 77.4 cm³/mol. The first kappa shape index (κ1) is 13.3. The molecular weight excluding hydrogens is 298 g/mol. The third-order valence-corrected chi connectivity index (χ3v) is 4.05. The highest BCUT2D eigenvalue weighted by Gasteiger charge is 2.26. The van der Waals surface area contributed by atoms with Gasteiger partial charge in [-0.15, -0.1) is 10.2 Å². The molecule has 20 heavy (non-hydrogen) atoms. The molecule has 0 spiro atoms. The smallest absolute Gasteiger partial charge is 0.233 e. The molecule has 1 aromatic heterocycles. The summed E-state index contributed by atoms with van der Waals surface area (Å²) in [6, 6.07) is 5.45. The van der Waals surface area contributed by atoms with Crippen LogP contribution in [0.2, 0.25) is 5.02 Å². The molecule has 7 heteroatoms. The van der Waals surface area contributed by atoms with E-state index in [-0.39, 0.29) is 11.8 Å². The van der Waals surface area contributed by atoms with Crippen molar-refractivity contribution in [3.8, 4) is 5.75 Å². The van der Waals surface area contributed by atoms with Crippen LogP contribution in [0.25, 0.3) is 0 Å². The van der Waals surface area contributed by atoms with Crippen molar-refractivity contribution in [2.45, 2.75) is 13.3 Å². The number of halogens is 1. The average Bonchev–Trinajstić information content (AvgIpc) is 2.83. The summed E-state index contributed by atoms with van der Waals surface area (Å²) >= 11 is 7.32. The molecule has 2 heterocycles. The molecule has 1 aliphatic heterocycles. The number of aromatic nitrogens is 2. The molecular formula is C13H12ClN3O2S. The van der Waals surface area contributed by atoms with Gasteiger partial charge in [-0.3, -0.25) is 4.79 Å². The van der Waals surface area contributed by atoms with Crippen LogP contribution >= 0.6 is 22.9 Å². The van der Waals surface area contributed by atoms with E-state index in [0.717, 1.165) is 16.3 Å². The summed E-state index contributed by atoms with van der Waals surface area (Å²) in [5.41, 5.74) is 0.956. The SMILES string of the molecule is Cc1nnc(NC(=O)C2COc3ccc(Cl)cc3C2)s1. The normalized spacial score (nSPS) is 17.2. The number of carbonyl (C=O) groups is 1. The summed E-state index contributed by atoms with van der Waals surface area (Å²) in [6.07, 6.45) is 0.611. The van der Waals surface area contributed by atoms with Crippen LogP contribution in [-0.2, 0) is 11.2 Å². The summed E-state index contributed by atoms with van der Waals surface area (Å²) in [6.45, 7) is 2.20. The van der Waals surface area contributed by atoms with Crippen molar-refractivity contribution in [3.05, 3.63) is 33.8 Å². The predicted octanol–water partition coefficient (Wildman–Crippen LogP) is 2.69. The van der Waals surface area contributed by atoms with Crippen molar-refractivity contribution in [1.29, 1.82) is 0 Å². The number of ether oxygens (including phenoxy) is 1. The Balaban J connectivity index is 1.71. The fourth-order valence-corrected chi connectivity index (χ4v) is 2.88. The summed E-state index contributed by atoms with van der Waals surface area (Å²) in [5.74, 6) is 0.446. The van der Waals surface area contributed by atoms with Crippen molar-refractivity contribution >= 4 is 34.0 Å².